The van der Waals surface area contributed by atoms with E-state index in [1.54, 1.807) is 35.4 Å². The van der Waals surface area contributed by atoms with Crippen molar-refractivity contribution in [1.82, 2.24) is 29.0 Å². The predicted molar refractivity (Wildman–Crippen MR) is 153 cm³/mol. The summed E-state index contributed by atoms with van der Waals surface area (Å²) in [5.74, 6) is -1.07. The molecule has 12 heteroatoms. The fourth-order valence-electron chi connectivity index (χ4n) is 4.43. The topological polar surface area (TPSA) is 113 Å². The van der Waals surface area contributed by atoms with Gasteiger partial charge in [0, 0.05) is 37.2 Å². The van der Waals surface area contributed by atoms with Crippen LogP contribution in [0.3, 0.4) is 0 Å². The molecular weight excluding hydrogens is 535 g/mol. The number of benzene rings is 1. The molecule has 2 amide bonds. The highest BCUT2D eigenvalue weighted by atomic mass is 35.5. The number of hydrogen-bond donors (Lipinski definition) is 3. The van der Waals surface area contributed by atoms with E-state index in [0.29, 0.717) is 29.4 Å². The molecule has 1 aromatic carbocycles. The SMILES string of the molecule is CN(C)CCCn1cc(NC(=O)c2ccc(Cl)cc2F)cc1C(=O)Nc1cc(-c2nc3ccncc3[nH]2)n(C)c1. The van der Waals surface area contributed by atoms with Gasteiger partial charge in [-0.15, -0.1) is 0 Å². The molecule has 5 rings (SSSR count). The van der Waals surface area contributed by atoms with Gasteiger partial charge in [0.15, 0.2) is 5.82 Å². The van der Waals surface area contributed by atoms with Gasteiger partial charge in [-0.2, -0.15) is 0 Å². The maximum absolute atomic E-state index is 14.3. The fourth-order valence-corrected chi connectivity index (χ4v) is 4.58. The number of amides is 2. The Kier molecular flexibility index (Phi) is 7.67. The summed E-state index contributed by atoms with van der Waals surface area (Å²) in [6, 6.07) is 9.07. The van der Waals surface area contributed by atoms with E-state index < -0.39 is 11.7 Å². The quantitative estimate of drug-likeness (QED) is 0.234. The Morgan fingerprint density at radius 1 is 1.07 bits per heavy atom. The summed E-state index contributed by atoms with van der Waals surface area (Å²) in [6.07, 6.45) is 7.64. The Labute approximate surface area is 234 Å². The lowest BCUT2D eigenvalue weighted by Crippen LogP contribution is -2.19. The summed E-state index contributed by atoms with van der Waals surface area (Å²) in [4.78, 5) is 40.2. The fraction of sp³-hybridized carbons (Fsp3) is 0.214. The van der Waals surface area contributed by atoms with Crippen LogP contribution >= 0.6 is 11.6 Å². The lowest BCUT2D eigenvalue weighted by Gasteiger charge is -2.12. The number of halogens is 2. The van der Waals surface area contributed by atoms with Crippen LogP contribution in [0, 0.1) is 5.82 Å². The minimum absolute atomic E-state index is 0.144. The first-order valence-electron chi connectivity index (χ1n) is 12.6. The maximum atomic E-state index is 14.3. The van der Waals surface area contributed by atoms with Crippen molar-refractivity contribution < 1.29 is 14.0 Å². The highest BCUT2D eigenvalue weighted by molar-refractivity contribution is 6.30. The Morgan fingerprint density at radius 2 is 1.85 bits per heavy atom. The van der Waals surface area contributed by atoms with Crippen LogP contribution in [-0.4, -0.2) is 61.4 Å². The zero-order valence-corrected chi connectivity index (χ0v) is 23.0. The van der Waals surface area contributed by atoms with E-state index in [1.165, 1.54) is 12.1 Å². The molecule has 0 aliphatic carbocycles. The second-order valence-corrected chi connectivity index (χ2v) is 10.1. The standard InChI is InChI=1S/C28H28ClFN8O2/c1-36(2)9-4-10-38-16-19(32-27(39)20-6-5-17(29)11-21(20)30)13-25(38)28(40)33-18-12-24(37(3)15-18)26-34-22-7-8-31-14-23(22)35-26/h5-8,11-16H,4,9-10H2,1-3H3,(H,32,39)(H,33,40)(H,34,35). The van der Waals surface area contributed by atoms with Crippen molar-refractivity contribution in [3.8, 4) is 11.5 Å². The molecule has 0 fully saturated rings. The number of carbonyl (C=O) groups is 2. The number of pyridine rings is 1. The van der Waals surface area contributed by atoms with Crippen molar-refractivity contribution in [2.45, 2.75) is 13.0 Å². The highest BCUT2D eigenvalue weighted by Crippen LogP contribution is 2.25. The molecular formula is C28H28ClFN8O2. The summed E-state index contributed by atoms with van der Waals surface area (Å²) in [5.41, 5.74) is 3.55. The third-order valence-corrected chi connectivity index (χ3v) is 6.59. The number of fused-ring (bicyclic) bond motifs is 1. The molecule has 0 bridgehead atoms. The third-order valence-electron chi connectivity index (χ3n) is 6.36. The van der Waals surface area contributed by atoms with E-state index in [9.17, 15) is 14.0 Å². The molecule has 10 nitrogen and oxygen atoms in total. The highest BCUT2D eigenvalue weighted by Gasteiger charge is 2.19. The number of carbonyl (C=O) groups excluding carboxylic acids is 2. The Morgan fingerprint density at radius 3 is 2.60 bits per heavy atom. The first kappa shape index (κ1) is 27.1. The van der Waals surface area contributed by atoms with Crippen molar-refractivity contribution in [1.29, 1.82) is 0 Å². The van der Waals surface area contributed by atoms with Crippen molar-refractivity contribution in [2.75, 3.05) is 31.3 Å². The first-order chi connectivity index (χ1) is 19.2. The van der Waals surface area contributed by atoms with Gasteiger partial charge in [-0.1, -0.05) is 11.6 Å². The molecule has 3 N–H and O–H groups in total. The molecule has 0 spiro atoms. The van der Waals surface area contributed by atoms with Gasteiger partial charge >= 0.3 is 0 Å². The number of nitrogens with one attached hydrogen (secondary N) is 3. The van der Waals surface area contributed by atoms with E-state index in [-0.39, 0.29) is 16.5 Å². The van der Waals surface area contributed by atoms with Crippen molar-refractivity contribution >= 4 is 45.8 Å². The number of H-pyrrole nitrogens is 1. The second-order valence-electron chi connectivity index (χ2n) is 9.70. The summed E-state index contributed by atoms with van der Waals surface area (Å²) < 4.78 is 17.9. The molecule has 0 unspecified atom stereocenters. The van der Waals surface area contributed by atoms with Crippen LogP contribution in [0.5, 0.6) is 0 Å². The van der Waals surface area contributed by atoms with E-state index >= 15 is 0 Å². The number of hydrogen-bond acceptors (Lipinski definition) is 5. The van der Waals surface area contributed by atoms with Gasteiger partial charge in [0.1, 0.15) is 11.5 Å². The van der Waals surface area contributed by atoms with E-state index in [1.807, 2.05) is 37.8 Å². The molecule has 206 valence electrons. The number of aryl methyl sites for hydroxylation is 2. The van der Waals surface area contributed by atoms with Crippen molar-refractivity contribution in [2.24, 2.45) is 7.05 Å². The minimum atomic E-state index is -0.728. The average Bonchev–Trinajstić information content (AvgIpc) is 3.60. The number of nitrogens with zero attached hydrogens (tertiary/aromatic N) is 5. The third kappa shape index (κ3) is 5.90. The number of aromatic nitrogens is 5. The number of rotatable bonds is 9. The van der Waals surface area contributed by atoms with Gasteiger partial charge in [0.05, 0.1) is 39.9 Å². The van der Waals surface area contributed by atoms with Crippen LogP contribution in [0.4, 0.5) is 15.8 Å². The van der Waals surface area contributed by atoms with E-state index in [4.69, 9.17) is 11.6 Å². The van der Waals surface area contributed by atoms with Crippen molar-refractivity contribution in [3.63, 3.8) is 0 Å². The second kappa shape index (κ2) is 11.3. The zero-order valence-electron chi connectivity index (χ0n) is 22.2. The number of anilines is 2. The molecule has 0 aliphatic heterocycles. The molecule has 0 aliphatic rings. The minimum Gasteiger partial charge on any atom is -0.346 e. The summed E-state index contributed by atoms with van der Waals surface area (Å²) in [5, 5.41) is 5.83. The van der Waals surface area contributed by atoms with Gasteiger partial charge in [-0.3, -0.25) is 14.6 Å². The molecule has 5 aromatic rings. The van der Waals surface area contributed by atoms with Gasteiger partial charge < -0.3 is 29.7 Å². The molecule has 4 heterocycles. The summed E-state index contributed by atoms with van der Waals surface area (Å²) in [7, 11) is 5.81. The van der Waals surface area contributed by atoms with Crippen LogP contribution < -0.4 is 10.6 Å². The number of aromatic amines is 1. The Hall–Kier alpha value is -4.48. The maximum Gasteiger partial charge on any atom is 0.272 e. The first-order valence-corrected chi connectivity index (χ1v) is 12.9. The summed E-state index contributed by atoms with van der Waals surface area (Å²) >= 11 is 5.81. The molecule has 0 atom stereocenters. The van der Waals surface area contributed by atoms with Crippen LogP contribution in [0.1, 0.15) is 27.3 Å². The monoisotopic (exact) mass is 562 g/mol. The zero-order chi connectivity index (χ0) is 28.4. The Bertz CT molecular complexity index is 1670. The van der Waals surface area contributed by atoms with Gasteiger partial charge in [-0.05, 0) is 63.5 Å². The van der Waals surface area contributed by atoms with E-state index in [0.717, 1.165) is 35.8 Å². The van der Waals surface area contributed by atoms with Crippen LogP contribution in [0.25, 0.3) is 22.6 Å². The predicted octanol–water partition coefficient (Wildman–Crippen LogP) is 5.01. The molecule has 0 radical (unpaired) electrons. The molecule has 0 saturated heterocycles. The van der Waals surface area contributed by atoms with Gasteiger partial charge in [-0.25, -0.2) is 9.37 Å². The van der Waals surface area contributed by atoms with Crippen LogP contribution in [0.2, 0.25) is 5.02 Å². The van der Waals surface area contributed by atoms with Gasteiger partial charge in [0.2, 0.25) is 0 Å². The lowest BCUT2D eigenvalue weighted by atomic mass is 10.2. The average molecular weight is 563 g/mol. The lowest BCUT2D eigenvalue weighted by molar-refractivity contribution is 0.101. The largest absolute Gasteiger partial charge is 0.346 e. The van der Waals surface area contributed by atoms with Crippen LogP contribution in [-0.2, 0) is 13.6 Å². The number of imidazole rings is 1. The van der Waals surface area contributed by atoms with Crippen molar-refractivity contribution in [3.05, 3.63) is 83.3 Å². The smallest absolute Gasteiger partial charge is 0.272 e. The van der Waals surface area contributed by atoms with E-state index in [2.05, 4.69) is 30.5 Å². The van der Waals surface area contributed by atoms with Gasteiger partial charge in [0.25, 0.3) is 11.8 Å². The molecule has 40 heavy (non-hydrogen) atoms. The Balaban J connectivity index is 1.37. The molecule has 4 aromatic heterocycles. The van der Waals surface area contributed by atoms with Crippen LogP contribution in [0.15, 0.2) is 61.2 Å². The summed E-state index contributed by atoms with van der Waals surface area (Å²) in [6.45, 7) is 1.35. The molecule has 0 saturated carbocycles. The normalized spacial score (nSPS) is 11.3.